The number of benzene rings is 2. The summed E-state index contributed by atoms with van der Waals surface area (Å²) >= 11 is 9.18. The first-order chi connectivity index (χ1) is 13.3. The lowest BCUT2D eigenvalue weighted by atomic mass is 10.1. The molecule has 0 atom stereocenters. The molecular weight excluding hydrogens is 438 g/mol. The Hall–Kier alpha value is -2.05. The summed E-state index contributed by atoms with van der Waals surface area (Å²) in [5.41, 5.74) is 4.62. The molecule has 28 heavy (non-hydrogen) atoms. The van der Waals surface area contributed by atoms with E-state index in [-0.39, 0.29) is 0 Å². The van der Waals surface area contributed by atoms with Gasteiger partial charge in [0.1, 0.15) is 4.99 Å². The molecule has 0 radical (unpaired) electrons. The molecule has 0 amide bonds. The van der Waals surface area contributed by atoms with Crippen molar-refractivity contribution in [2.45, 2.75) is 20.4 Å². The molecule has 2 aromatic rings. The monoisotopic (exact) mass is 463 g/mol. The molecule has 2 rings (SSSR count). The molecule has 4 nitrogen and oxygen atoms in total. The first-order valence-corrected chi connectivity index (χ1v) is 9.99. The number of ether oxygens (including phenoxy) is 3. The molecule has 6 heteroatoms. The number of methoxy groups -OCH3 is 3. The van der Waals surface area contributed by atoms with Gasteiger partial charge in [0, 0.05) is 18.1 Å². The van der Waals surface area contributed by atoms with Crippen LogP contribution in [0, 0.1) is 13.8 Å². The Labute approximate surface area is 181 Å². The van der Waals surface area contributed by atoms with Gasteiger partial charge in [-0.15, -0.1) is 0 Å². The minimum atomic E-state index is 0.583. The zero-order valence-electron chi connectivity index (χ0n) is 17.1. The predicted octanol–water partition coefficient (Wildman–Crippen LogP) is 5.56. The van der Waals surface area contributed by atoms with Crippen molar-refractivity contribution in [3.8, 4) is 17.2 Å². The number of rotatable bonds is 7. The van der Waals surface area contributed by atoms with E-state index >= 15 is 0 Å². The molecule has 0 unspecified atom stereocenters. The number of hydrogen-bond donors (Lipinski definition) is 0. The molecule has 0 spiro atoms. The standard InChI is InChI=1S/C22H26BrNO3S/c1-14-9-16(10-18(23)15(14)2)7-8-21(28)24(3)13-17-11-19(25-4)22(27-6)20(12-17)26-5/h7-12H,13H2,1-6H3/b8-7+. The Morgan fingerprint density at radius 3 is 2.14 bits per heavy atom. The van der Waals surface area contributed by atoms with Crippen LogP contribution in [0.4, 0.5) is 0 Å². The van der Waals surface area contributed by atoms with Gasteiger partial charge >= 0.3 is 0 Å². The zero-order chi connectivity index (χ0) is 20.8. The third kappa shape index (κ3) is 5.26. The summed E-state index contributed by atoms with van der Waals surface area (Å²) in [6, 6.07) is 8.12. The second-order valence-corrected chi connectivity index (χ2v) is 7.78. The summed E-state index contributed by atoms with van der Waals surface area (Å²) in [7, 11) is 6.78. The van der Waals surface area contributed by atoms with E-state index in [1.54, 1.807) is 21.3 Å². The summed E-state index contributed by atoms with van der Waals surface area (Å²) in [4.78, 5) is 2.74. The highest BCUT2D eigenvalue weighted by atomic mass is 79.9. The molecule has 0 aliphatic carbocycles. The van der Waals surface area contributed by atoms with Crippen LogP contribution in [0.2, 0.25) is 0 Å². The Morgan fingerprint density at radius 2 is 1.64 bits per heavy atom. The Balaban J connectivity index is 2.16. The molecule has 0 aliphatic rings. The molecule has 0 N–H and O–H groups in total. The van der Waals surface area contributed by atoms with Gasteiger partial charge in [0.25, 0.3) is 0 Å². The third-order valence-corrected chi connectivity index (χ3v) is 5.84. The fraction of sp³-hybridized carbons (Fsp3) is 0.318. The van der Waals surface area contributed by atoms with Crippen LogP contribution < -0.4 is 14.2 Å². The molecule has 0 bridgehead atoms. The van der Waals surface area contributed by atoms with Crippen molar-refractivity contribution in [3.63, 3.8) is 0 Å². The van der Waals surface area contributed by atoms with Crippen LogP contribution in [-0.2, 0) is 6.54 Å². The van der Waals surface area contributed by atoms with E-state index in [4.69, 9.17) is 26.4 Å². The van der Waals surface area contributed by atoms with Crippen LogP contribution in [0.3, 0.4) is 0 Å². The van der Waals surface area contributed by atoms with Crippen LogP contribution in [0.5, 0.6) is 17.2 Å². The normalized spacial score (nSPS) is 10.8. The van der Waals surface area contributed by atoms with Crippen molar-refractivity contribution in [3.05, 3.63) is 57.1 Å². The van der Waals surface area contributed by atoms with Gasteiger partial charge in [-0.3, -0.25) is 0 Å². The van der Waals surface area contributed by atoms with Gasteiger partial charge in [-0.25, -0.2) is 0 Å². The molecule has 0 aliphatic heterocycles. The lowest BCUT2D eigenvalue weighted by Gasteiger charge is -2.20. The van der Waals surface area contributed by atoms with E-state index in [0.717, 1.165) is 20.6 Å². The first kappa shape index (κ1) is 22.2. The lowest BCUT2D eigenvalue weighted by Crippen LogP contribution is -2.22. The van der Waals surface area contributed by atoms with Crippen LogP contribution >= 0.6 is 28.1 Å². The smallest absolute Gasteiger partial charge is 0.203 e. The lowest BCUT2D eigenvalue weighted by molar-refractivity contribution is 0.323. The molecule has 0 heterocycles. The van der Waals surface area contributed by atoms with Gasteiger partial charge in [-0.05, 0) is 60.4 Å². The number of hydrogen-bond acceptors (Lipinski definition) is 4. The molecule has 0 fully saturated rings. The van der Waals surface area contributed by atoms with Crippen LogP contribution in [0.25, 0.3) is 6.08 Å². The average molecular weight is 464 g/mol. The largest absolute Gasteiger partial charge is 0.493 e. The molecular formula is C22H26BrNO3S. The third-order valence-electron chi connectivity index (χ3n) is 4.57. The number of likely N-dealkylation sites (N-methyl/N-ethyl adjacent to an activating group) is 1. The average Bonchev–Trinajstić information content (AvgIpc) is 2.68. The van der Waals surface area contributed by atoms with E-state index in [0.29, 0.717) is 23.8 Å². The molecule has 0 saturated heterocycles. The highest BCUT2D eigenvalue weighted by Gasteiger charge is 2.14. The maximum absolute atomic E-state index is 5.58. The molecule has 150 valence electrons. The second-order valence-electron chi connectivity index (χ2n) is 6.51. The van der Waals surface area contributed by atoms with E-state index in [2.05, 4.69) is 41.9 Å². The van der Waals surface area contributed by atoms with Crippen LogP contribution in [-0.4, -0.2) is 38.3 Å². The number of thiocarbonyl (C=S) groups is 1. The maximum Gasteiger partial charge on any atom is 0.203 e. The number of aryl methyl sites for hydroxylation is 1. The SMILES string of the molecule is COc1cc(CN(C)C(=S)/C=C/c2cc(C)c(C)c(Br)c2)cc(OC)c1OC. The summed E-state index contributed by atoms with van der Waals surface area (Å²) < 4.78 is 17.3. The van der Waals surface area contributed by atoms with E-state index in [1.807, 2.05) is 36.2 Å². The van der Waals surface area contributed by atoms with E-state index in [9.17, 15) is 0 Å². The van der Waals surface area contributed by atoms with Gasteiger partial charge in [0.2, 0.25) is 5.75 Å². The van der Waals surface area contributed by atoms with Crippen molar-refractivity contribution in [2.75, 3.05) is 28.4 Å². The van der Waals surface area contributed by atoms with Crippen molar-refractivity contribution < 1.29 is 14.2 Å². The topological polar surface area (TPSA) is 30.9 Å². The fourth-order valence-electron chi connectivity index (χ4n) is 2.81. The van der Waals surface area contributed by atoms with E-state index in [1.165, 1.54) is 11.1 Å². The zero-order valence-corrected chi connectivity index (χ0v) is 19.5. The van der Waals surface area contributed by atoms with Crippen molar-refractivity contribution in [1.82, 2.24) is 4.90 Å². The first-order valence-electron chi connectivity index (χ1n) is 8.79. The maximum atomic E-state index is 5.58. The summed E-state index contributed by atoms with van der Waals surface area (Å²) in [6.07, 6.45) is 3.98. The molecule has 0 saturated carbocycles. The summed E-state index contributed by atoms with van der Waals surface area (Å²) in [6.45, 7) is 4.82. The van der Waals surface area contributed by atoms with Gasteiger partial charge in [-0.2, -0.15) is 0 Å². The van der Waals surface area contributed by atoms with Crippen molar-refractivity contribution in [1.29, 1.82) is 0 Å². The van der Waals surface area contributed by atoms with Gasteiger partial charge in [0.15, 0.2) is 11.5 Å². The Bertz CT molecular complexity index is 847. The van der Waals surface area contributed by atoms with Gasteiger partial charge in [0.05, 0.1) is 21.3 Å². The molecule has 2 aromatic carbocycles. The Morgan fingerprint density at radius 1 is 1.04 bits per heavy atom. The van der Waals surface area contributed by atoms with Crippen molar-refractivity contribution >= 4 is 39.2 Å². The fourth-order valence-corrected chi connectivity index (χ4v) is 3.52. The van der Waals surface area contributed by atoms with Crippen molar-refractivity contribution in [2.24, 2.45) is 0 Å². The minimum absolute atomic E-state index is 0.583. The highest BCUT2D eigenvalue weighted by molar-refractivity contribution is 9.10. The number of halogens is 1. The van der Waals surface area contributed by atoms with E-state index < -0.39 is 0 Å². The Kier molecular flexibility index (Phi) is 7.89. The predicted molar refractivity (Wildman–Crippen MR) is 123 cm³/mol. The van der Waals surface area contributed by atoms with Crippen LogP contribution in [0.15, 0.2) is 34.8 Å². The minimum Gasteiger partial charge on any atom is -0.493 e. The number of nitrogens with zero attached hydrogens (tertiary/aromatic N) is 1. The highest BCUT2D eigenvalue weighted by Crippen LogP contribution is 2.38. The van der Waals surface area contributed by atoms with Crippen LogP contribution in [0.1, 0.15) is 22.3 Å². The summed E-state index contributed by atoms with van der Waals surface area (Å²) in [5, 5.41) is 0. The second kappa shape index (κ2) is 9.94. The van der Waals surface area contributed by atoms with Gasteiger partial charge < -0.3 is 19.1 Å². The summed E-state index contributed by atoms with van der Waals surface area (Å²) in [5.74, 6) is 1.84. The quantitative estimate of drug-likeness (QED) is 0.395. The van der Waals surface area contributed by atoms with Gasteiger partial charge in [-0.1, -0.05) is 40.3 Å². The molecule has 0 aromatic heterocycles.